The Morgan fingerprint density at radius 2 is 1.67 bits per heavy atom. The van der Waals surface area contributed by atoms with Gasteiger partial charge in [-0.25, -0.2) is 9.37 Å². The van der Waals surface area contributed by atoms with Gasteiger partial charge in [0.15, 0.2) is 0 Å². The number of rotatable bonds is 3. The highest BCUT2D eigenvalue weighted by Gasteiger charge is 2.30. The van der Waals surface area contributed by atoms with Crippen LogP contribution in [0, 0.1) is 11.7 Å². The summed E-state index contributed by atoms with van der Waals surface area (Å²) in [5.74, 6) is 1.09. The van der Waals surface area contributed by atoms with E-state index in [-0.39, 0.29) is 23.4 Å². The second kappa shape index (κ2) is 9.25. The van der Waals surface area contributed by atoms with Crippen LogP contribution in [-0.2, 0) is 4.79 Å². The van der Waals surface area contributed by atoms with Gasteiger partial charge in [0.25, 0.3) is 0 Å². The lowest BCUT2D eigenvalue weighted by molar-refractivity contribution is -0.135. The molecule has 1 aromatic heterocycles. The SMILES string of the molecule is O=C(C1CCN(c2ccc3cccc(O)c3n2)CC1)N1CCCN(c2ccc(F)cc2)CC1. The zero-order valence-corrected chi connectivity index (χ0v) is 18.7. The first-order valence-electron chi connectivity index (χ1n) is 11.7. The molecule has 7 heteroatoms. The van der Waals surface area contributed by atoms with Crippen LogP contribution >= 0.6 is 0 Å². The zero-order chi connectivity index (χ0) is 22.8. The molecule has 0 atom stereocenters. The van der Waals surface area contributed by atoms with E-state index >= 15 is 0 Å². The van der Waals surface area contributed by atoms with E-state index in [0.29, 0.717) is 12.1 Å². The number of phenols is 1. The lowest BCUT2D eigenvalue weighted by Crippen LogP contribution is -2.44. The molecule has 3 aromatic rings. The van der Waals surface area contributed by atoms with Gasteiger partial charge in [0, 0.05) is 56.3 Å². The highest BCUT2D eigenvalue weighted by atomic mass is 19.1. The number of pyridine rings is 1. The fourth-order valence-corrected chi connectivity index (χ4v) is 4.96. The van der Waals surface area contributed by atoms with Gasteiger partial charge in [-0.05, 0) is 61.7 Å². The summed E-state index contributed by atoms with van der Waals surface area (Å²) < 4.78 is 13.2. The van der Waals surface area contributed by atoms with Crippen molar-refractivity contribution in [3.8, 4) is 5.75 Å². The largest absolute Gasteiger partial charge is 0.506 e. The highest BCUT2D eigenvalue weighted by molar-refractivity contribution is 5.85. The van der Waals surface area contributed by atoms with Gasteiger partial charge in [0.05, 0.1) is 0 Å². The summed E-state index contributed by atoms with van der Waals surface area (Å²) in [4.78, 5) is 24.4. The number of halogens is 1. The Balaban J connectivity index is 1.18. The van der Waals surface area contributed by atoms with Crippen LogP contribution < -0.4 is 9.80 Å². The molecule has 2 aromatic carbocycles. The third-order valence-corrected chi connectivity index (χ3v) is 6.85. The van der Waals surface area contributed by atoms with Gasteiger partial charge < -0.3 is 19.8 Å². The van der Waals surface area contributed by atoms with Crippen molar-refractivity contribution in [3.05, 3.63) is 60.4 Å². The number of carbonyl (C=O) groups excluding carboxylic acids is 1. The van der Waals surface area contributed by atoms with Crippen LogP contribution in [0.2, 0.25) is 0 Å². The van der Waals surface area contributed by atoms with E-state index in [9.17, 15) is 14.3 Å². The fraction of sp³-hybridized carbons (Fsp3) is 0.385. The maximum Gasteiger partial charge on any atom is 0.225 e. The van der Waals surface area contributed by atoms with Crippen molar-refractivity contribution in [1.29, 1.82) is 0 Å². The second-order valence-electron chi connectivity index (χ2n) is 8.92. The minimum atomic E-state index is -0.229. The minimum Gasteiger partial charge on any atom is -0.506 e. The molecule has 6 nitrogen and oxygen atoms in total. The first-order chi connectivity index (χ1) is 16.1. The summed E-state index contributed by atoms with van der Waals surface area (Å²) in [6.07, 6.45) is 2.52. The third-order valence-electron chi connectivity index (χ3n) is 6.85. The van der Waals surface area contributed by atoms with E-state index in [1.54, 1.807) is 6.07 Å². The maximum atomic E-state index is 13.2. The number of benzene rings is 2. The molecule has 2 aliphatic rings. The first kappa shape index (κ1) is 21.5. The lowest BCUT2D eigenvalue weighted by Gasteiger charge is -2.34. The third kappa shape index (κ3) is 4.58. The smallest absolute Gasteiger partial charge is 0.225 e. The molecule has 33 heavy (non-hydrogen) atoms. The summed E-state index contributed by atoms with van der Waals surface area (Å²) in [6, 6.07) is 16.0. The van der Waals surface area contributed by atoms with Crippen molar-refractivity contribution in [2.75, 3.05) is 49.1 Å². The van der Waals surface area contributed by atoms with E-state index in [1.807, 2.05) is 41.3 Å². The predicted octanol–water partition coefficient (Wildman–Crippen LogP) is 4.03. The van der Waals surface area contributed by atoms with Gasteiger partial charge >= 0.3 is 0 Å². The number of phenolic OH excluding ortho intramolecular Hbond substituents is 1. The molecule has 2 aliphatic heterocycles. The van der Waals surface area contributed by atoms with Crippen LogP contribution in [0.5, 0.6) is 5.75 Å². The molecule has 2 saturated heterocycles. The van der Waals surface area contributed by atoms with E-state index in [1.165, 1.54) is 12.1 Å². The van der Waals surface area contributed by atoms with Crippen molar-refractivity contribution < 1.29 is 14.3 Å². The van der Waals surface area contributed by atoms with Crippen molar-refractivity contribution >= 4 is 28.3 Å². The molecule has 3 heterocycles. The quantitative estimate of drug-likeness (QED) is 0.656. The number of aromatic hydroxyl groups is 1. The van der Waals surface area contributed by atoms with Crippen molar-refractivity contribution in [1.82, 2.24) is 9.88 Å². The summed E-state index contributed by atoms with van der Waals surface area (Å²) in [7, 11) is 0. The first-order valence-corrected chi connectivity index (χ1v) is 11.7. The molecule has 0 bridgehead atoms. The van der Waals surface area contributed by atoms with Crippen molar-refractivity contribution in [2.24, 2.45) is 5.92 Å². The minimum absolute atomic E-state index is 0.0347. The predicted molar refractivity (Wildman–Crippen MR) is 128 cm³/mol. The standard InChI is InChI=1S/C26H29FN4O2/c27-21-6-8-22(9-7-21)29-13-2-14-31(18-17-29)26(33)20-11-15-30(16-12-20)24-10-5-19-3-1-4-23(32)25(19)28-24/h1,3-10,20,32H,2,11-18H2. The van der Waals surface area contributed by atoms with Crippen LogP contribution in [0.1, 0.15) is 19.3 Å². The van der Waals surface area contributed by atoms with Crippen molar-refractivity contribution in [3.63, 3.8) is 0 Å². The number of piperidine rings is 1. The van der Waals surface area contributed by atoms with Gasteiger partial charge in [-0.3, -0.25) is 4.79 Å². The Hall–Kier alpha value is -3.35. The van der Waals surface area contributed by atoms with Gasteiger partial charge in [-0.2, -0.15) is 0 Å². The molecule has 0 aliphatic carbocycles. The number of para-hydroxylation sites is 1. The van der Waals surface area contributed by atoms with E-state index in [4.69, 9.17) is 0 Å². The second-order valence-corrected chi connectivity index (χ2v) is 8.92. The van der Waals surface area contributed by atoms with Gasteiger partial charge in [-0.15, -0.1) is 0 Å². The fourth-order valence-electron chi connectivity index (χ4n) is 4.96. The molecule has 5 rings (SSSR count). The Morgan fingerprint density at radius 1 is 0.879 bits per heavy atom. The number of hydrogen-bond acceptors (Lipinski definition) is 5. The molecule has 0 unspecified atom stereocenters. The molecule has 0 spiro atoms. The molecule has 0 saturated carbocycles. The molecular weight excluding hydrogens is 419 g/mol. The number of carbonyl (C=O) groups is 1. The van der Waals surface area contributed by atoms with Crippen molar-refractivity contribution in [2.45, 2.75) is 19.3 Å². The number of fused-ring (bicyclic) bond motifs is 1. The average molecular weight is 449 g/mol. The number of anilines is 2. The summed E-state index contributed by atoms with van der Waals surface area (Å²) in [5, 5.41) is 11.0. The summed E-state index contributed by atoms with van der Waals surface area (Å²) >= 11 is 0. The average Bonchev–Trinajstić information content (AvgIpc) is 3.11. The van der Waals surface area contributed by atoms with Gasteiger partial charge in [0.1, 0.15) is 22.9 Å². The van der Waals surface area contributed by atoms with Crippen LogP contribution in [0.3, 0.4) is 0 Å². The normalized spacial score (nSPS) is 17.9. The maximum absolute atomic E-state index is 13.2. The number of amides is 1. The molecular formula is C26H29FN4O2. The Bertz CT molecular complexity index is 1130. The molecule has 1 amide bonds. The van der Waals surface area contributed by atoms with Gasteiger partial charge in [0.2, 0.25) is 5.91 Å². The Labute approximate surface area is 193 Å². The molecule has 172 valence electrons. The Morgan fingerprint density at radius 3 is 2.45 bits per heavy atom. The van der Waals surface area contributed by atoms with E-state index in [0.717, 1.165) is 68.9 Å². The van der Waals surface area contributed by atoms with Crippen LogP contribution in [0.15, 0.2) is 54.6 Å². The summed E-state index contributed by atoms with van der Waals surface area (Å²) in [6.45, 7) is 4.65. The number of hydrogen-bond donors (Lipinski definition) is 1. The molecule has 1 N–H and O–H groups in total. The molecule has 2 fully saturated rings. The van der Waals surface area contributed by atoms with E-state index in [2.05, 4.69) is 14.8 Å². The van der Waals surface area contributed by atoms with Gasteiger partial charge in [-0.1, -0.05) is 12.1 Å². The summed E-state index contributed by atoms with van der Waals surface area (Å²) in [5.41, 5.74) is 1.62. The molecule has 0 radical (unpaired) electrons. The van der Waals surface area contributed by atoms with E-state index < -0.39 is 0 Å². The lowest BCUT2D eigenvalue weighted by atomic mass is 9.95. The topological polar surface area (TPSA) is 59.9 Å². The monoisotopic (exact) mass is 448 g/mol. The number of aromatic nitrogens is 1. The zero-order valence-electron chi connectivity index (χ0n) is 18.7. The Kier molecular flexibility index (Phi) is 6.03. The van der Waals surface area contributed by atoms with Crippen LogP contribution in [0.4, 0.5) is 15.9 Å². The van der Waals surface area contributed by atoms with Crippen LogP contribution in [-0.4, -0.2) is 60.2 Å². The number of nitrogens with zero attached hydrogens (tertiary/aromatic N) is 4. The van der Waals surface area contributed by atoms with Crippen LogP contribution in [0.25, 0.3) is 10.9 Å². The highest BCUT2D eigenvalue weighted by Crippen LogP contribution is 2.28.